The summed E-state index contributed by atoms with van der Waals surface area (Å²) < 4.78 is 17.2. The molecule has 2 rings (SSSR count). The van der Waals surface area contributed by atoms with E-state index in [2.05, 4.69) is 12.1 Å². The van der Waals surface area contributed by atoms with Crippen molar-refractivity contribution in [3.05, 3.63) is 35.9 Å². The number of amides is 1. The van der Waals surface area contributed by atoms with Gasteiger partial charge in [-0.3, -0.25) is 9.36 Å². The summed E-state index contributed by atoms with van der Waals surface area (Å²) in [7, 11) is -2.53. The van der Waals surface area contributed by atoms with E-state index in [0.29, 0.717) is 25.8 Å². The van der Waals surface area contributed by atoms with E-state index >= 15 is 0 Å². The van der Waals surface area contributed by atoms with E-state index < -0.39 is 25.9 Å². The average molecular weight is 382 g/mol. The predicted octanol–water partition coefficient (Wildman–Crippen LogP) is 1.90. The molecule has 0 bridgehead atoms. The Morgan fingerprint density at radius 2 is 2.04 bits per heavy atom. The summed E-state index contributed by atoms with van der Waals surface area (Å²) in [5.74, 6) is -1.42. The zero-order valence-electron chi connectivity index (χ0n) is 14.8. The molecule has 7 nitrogen and oxygen atoms in total. The van der Waals surface area contributed by atoms with E-state index in [0.717, 1.165) is 12.8 Å². The number of nitrogens with zero attached hydrogens (tertiary/aromatic N) is 1. The highest BCUT2D eigenvalue weighted by Crippen LogP contribution is 2.26. The summed E-state index contributed by atoms with van der Waals surface area (Å²) in [6.45, 7) is 0.638. The third-order valence-electron chi connectivity index (χ3n) is 4.55. The molecule has 0 radical (unpaired) electrons. The standard InChI is InChI=1S/C18H27N2O5P/c19-15(9-8-14-5-2-1-3-6-14)10-12-25-26(24)13-17(21)20-11-4-7-16(20)18(22)23/h1-3,5-6,15-16,26H,4,7-13,19H2,(H,22,23)/t15?,16-/m0/s1. The van der Waals surface area contributed by atoms with Crippen LogP contribution in [0.5, 0.6) is 0 Å². The van der Waals surface area contributed by atoms with Gasteiger partial charge in [-0.05, 0) is 37.7 Å². The van der Waals surface area contributed by atoms with Crippen molar-refractivity contribution in [1.82, 2.24) is 4.90 Å². The second-order valence-electron chi connectivity index (χ2n) is 6.55. The van der Waals surface area contributed by atoms with Crippen molar-refractivity contribution < 1.29 is 23.8 Å². The molecule has 0 aliphatic carbocycles. The van der Waals surface area contributed by atoms with Crippen LogP contribution in [0.2, 0.25) is 0 Å². The molecule has 3 N–H and O–H groups in total. The quantitative estimate of drug-likeness (QED) is 0.598. The number of carboxylic acids is 1. The maximum absolute atomic E-state index is 12.1. The van der Waals surface area contributed by atoms with Crippen molar-refractivity contribution in [3.8, 4) is 0 Å². The molecular weight excluding hydrogens is 355 g/mol. The fraction of sp³-hybridized carbons (Fsp3) is 0.556. The van der Waals surface area contributed by atoms with Crippen LogP contribution in [-0.2, 0) is 25.1 Å². The van der Waals surface area contributed by atoms with Crippen LogP contribution in [0.3, 0.4) is 0 Å². The maximum Gasteiger partial charge on any atom is 0.326 e. The lowest BCUT2D eigenvalue weighted by atomic mass is 10.0. The first-order chi connectivity index (χ1) is 12.5. The molecule has 0 aromatic heterocycles. The molecule has 2 unspecified atom stereocenters. The van der Waals surface area contributed by atoms with E-state index in [-0.39, 0.29) is 18.8 Å². The minimum atomic E-state index is -2.53. The molecule has 0 spiro atoms. The molecule has 1 aromatic carbocycles. The van der Waals surface area contributed by atoms with Crippen LogP contribution in [-0.4, -0.2) is 53.3 Å². The zero-order valence-corrected chi connectivity index (χ0v) is 15.8. The van der Waals surface area contributed by atoms with Gasteiger partial charge in [0.25, 0.3) is 0 Å². The molecule has 1 saturated heterocycles. The second-order valence-corrected chi connectivity index (χ2v) is 7.94. The highest BCUT2D eigenvalue weighted by molar-refractivity contribution is 7.40. The Bertz CT molecular complexity index is 625. The van der Waals surface area contributed by atoms with Crippen LogP contribution >= 0.6 is 8.03 Å². The number of carbonyl (C=O) groups excluding carboxylic acids is 1. The van der Waals surface area contributed by atoms with Crippen LogP contribution in [0.1, 0.15) is 31.2 Å². The number of aryl methyl sites for hydroxylation is 1. The lowest BCUT2D eigenvalue weighted by molar-refractivity contribution is -0.147. The molecule has 1 aliphatic rings. The summed E-state index contributed by atoms with van der Waals surface area (Å²) in [5, 5.41) is 9.09. The molecule has 0 saturated carbocycles. The van der Waals surface area contributed by atoms with Crippen LogP contribution in [0.4, 0.5) is 0 Å². The predicted molar refractivity (Wildman–Crippen MR) is 99.5 cm³/mol. The molecule has 1 amide bonds. The maximum atomic E-state index is 12.1. The van der Waals surface area contributed by atoms with Crippen molar-refractivity contribution in [1.29, 1.82) is 0 Å². The third kappa shape index (κ3) is 6.56. The van der Waals surface area contributed by atoms with Crippen molar-refractivity contribution >= 4 is 19.9 Å². The van der Waals surface area contributed by atoms with Gasteiger partial charge in [0.15, 0.2) is 0 Å². The average Bonchev–Trinajstić information content (AvgIpc) is 3.11. The number of carbonyl (C=O) groups is 2. The number of rotatable bonds is 10. The van der Waals surface area contributed by atoms with Gasteiger partial charge in [-0.15, -0.1) is 0 Å². The van der Waals surface area contributed by atoms with E-state index in [1.165, 1.54) is 10.5 Å². The third-order valence-corrected chi connectivity index (χ3v) is 5.67. The molecule has 1 fully saturated rings. The molecule has 1 aromatic rings. The van der Waals surface area contributed by atoms with Crippen LogP contribution < -0.4 is 5.73 Å². The zero-order chi connectivity index (χ0) is 18.9. The minimum absolute atomic E-state index is 0.0596. The van der Waals surface area contributed by atoms with E-state index in [4.69, 9.17) is 15.4 Å². The first kappa shape index (κ1) is 20.6. The van der Waals surface area contributed by atoms with Gasteiger partial charge in [-0.2, -0.15) is 0 Å². The van der Waals surface area contributed by atoms with Crippen molar-refractivity contribution in [3.63, 3.8) is 0 Å². The van der Waals surface area contributed by atoms with Gasteiger partial charge in [0.2, 0.25) is 13.9 Å². The summed E-state index contributed by atoms with van der Waals surface area (Å²) in [6, 6.07) is 9.19. The Kier molecular flexibility index (Phi) is 8.29. The molecule has 3 atom stereocenters. The van der Waals surface area contributed by atoms with E-state index in [1.807, 2.05) is 18.2 Å². The van der Waals surface area contributed by atoms with Crippen molar-refractivity contribution in [2.24, 2.45) is 5.73 Å². The Labute approximate surface area is 154 Å². The lowest BCUT2D eigenvalue weighted by Gasteiger charge is -2.21. The van der Waals surface area contributed by atoms with Gasteiger partial charge in [-0.1, -0.05) is 30.3 Å². The van der Waals surface area contributed by atoms with Gasteiger partial charge in [0, 0.05) is 12.6 Å². The highest BCUT2D eigenvalue weighted by Gasteiger charge is 2.34. The van der Waals surface area contributed by atoms with Gasteiger partial charge >= 0.3 is 5.97 Å². The number of likely N-dealkylation sites (tertiary alicyclic amines) is 1. The lowest BCUT2D eigenvalue weighted by Crippen LogP contribution is -2.41. The highest BCUT2D eigenvalue weighted by atomic mass is 31.1. The smallest absolute Gasteiger partial charge is 0.326 e. The fourth-order valence-corrected chi connectivity index (χ4v) is 3.96. The van der Waals surface area contributed by atoms with Crippen LogP contribution in [0, 0.1) is 0 Å². The fourth-order valence-electron chi connectivity index (χ4n) is 3.06. The summed E-state index contributed by atoms with van der Waals surface area (Å²) >= 11 is 0. The largest absolute Gasteiger partial charge is 0.480 e. The summed E-state index contributed by atoms with van der Waals surface area (Å²) in [5.41, 5.74) is 7.27. The minimum Gasteiger partial charge on any atom is -0.480 e. The van der Waals surface area contributed by atoms with Gasteiger partial charge < -0.3 is 20.3 Å². The Balaban J connectivity index is 1.63. The summed E-state index contributed by atoms with van der Waals surface area (Å²) in [4.78, 5) is 24.5. The topological polar surface area (TPSA) is 110 Å². The number of aliphatic carboxylic acids is 1. The van der Waals surface area contributed by atoms with Crippen molar-refractivity contribution in [2.45, 2.75) is 44.2 Å². The first-order valence-corrected chi connectivity index (χ1v) is 10.5. The Hall–Kier alpha value is -1.69. The number of hydrogen-bond donors (Lipinski definition) is 2. The molecule has 1 aliphatic heterocycles. The van der Waals surface area contributed by atoms with Crippen LogP contribution in [0.15, 0.2) is 30.3 Å². The number of hydrogen-bond acceptors (Lipinski definition) is 5. The van der Waals surface area contributed by atoms with Gasteiger partial charge in [-0.25, -0.2) is 4.79 Å². The molecule has 144 valence electrons. The van der Waals surface area contributed by atoms with Crippen LogP contribution in [0.25, 0.3) is 0 Å². The van der Waals surface area contributed by atoms with Crippen molar-refractivity contribution in [2.75, 3.05) is 19.3 Å². The number of nitrogens with two attached hydrogens (primary N) is 1. The monoisotopic (exact) mass is 382 g/mol. The molecule has 26 heavy (non-hydrogen) atoms. The SMILES string of the molecule is NC(CCO[PH](=O)CC(=O)N1CCC[C@H]1C(=O)O)CCc1ccccc1. The Morgan fingerprint density at radius 1 is 1.31 bits per heavy atom. The second kappa shape index (κ2) is 10.5. The molecule has 1 heterocycles. The number of benzene rings is 1. The van der Waals surface area contributed by atoms with E-state index in [9.17, 15) is 14.2 Å². The summed E-state index contributed by atoms with van der Waals surface area (Å²) in [6.07, 6.45) is 3.11. The first-order valence-electron chi connectivity index (χ1n) is 8.94. The molecular formula is C18H27N2O5P. The Morgan fingerprint density at radius 3 is 2.73 bits per heavy atom. The van der Waals surface area contributed by atoms with Gasteiger partial charge in [0.1, 0.15) is 12.2 Å². The molecule has 8 heteroatoms. The van der Waals surface area contributed by atoms with E-state index in [1.54, 1.807) is 0 Å². The number of carboxylic acid groups (broad SMARTS) is 1. The normalized spacial score (nSPS) is 19.3. The van der Waals surface area contributed by atoms with Gasteiger partial charge in [0.05, 0.1) is 6.61 Å².